The van der Waals surface area contributed by atoms with Gasteiger partial charge < -0.3 is 5.32 Å². The van der Waals surface area contributed by atoms with Crippen LogP contribution in [0.1, 0.15) is 11.1 Å². The van der Waals surface area contributed by atoms with E-state index in [9.17, 15) is 4.39 Å². The van der Waals surface area contributed by atoms with Crippen LogP contribution in [0, 0.1) is 16.3 Å². The minimum atomic E-state index is -0.241. The summed E-state index contributed by atoms with van der Waals surface area (Å²) >= 11 is 8.12. The predicted molar refractivity (Wildman–Crippen MR) is 82.6 cm³/mol. The molecule has 0 aliphatic carbocycles. The van der Waals surface area contributed by atoms with Crippen LogP contribution in [0.2, 0.25) is 5.02 Å². The summed E-state index contributed by atoms with van der Waals surface area (Å²) in [6.07, 6.45) is 0. The largest absolute Gasteiger partial charge is 0.381 e. The molecule has 94 valence electrons. The molecule has 0 saturated heterocycles. The van der Waals surface area contributed by atoms with Crippen molar-refractivity contribution in [3.05, 3.63) is 61.9 Å². The first kappa shape index (κ1) is 13.6. The fourth-order valence-corrected chi connectivity index (χ4v) is 2.54. The average molecular weight is 376 g/mol. The molecule has 0 aliphatic rings. The minimum absolute atomic E-state index is 0.241. The fourth-order valence-electron chi connectivity index (χ4n) is 1.69. The summed E-state index contributed by atoms with van der Waals surface area (Å²) in [6, 6.07) is 10.7. The zero-order valence-corrected chi connectivity index (χ0v) is 12.7. The Balaban J connectivity index is 2.13. The van der Waals surface area contributed by atoms with Crippen molar-refractivity contribution < 1.29 is 4.39 Å². The Hall–Kier alpha value is -0.810. The van der Waals surface area contributed by atoms with Crippen LogP contribution in [0.4, 0.5) is 10.1 Å². The molecule has 0 unspecified atom stereocenters. The Morgan fingerprint density at radius 2 is 2.00 bits per heavy atom. The van der Waals surface area contributed by atoms with Gasteiger partial charge in [0.15, 0.2) is 0 Å². The topological polar surface area (TPSA) is 12.0 Å². The Labute approximate surface area is 124 Å². The Morgan fingerprint density at radius 3 is 2.72 bits per heavy atom. The number of hydrogen-bond donors (Lipinski definition) is 1. The third kappa shape index (κ3) is 3.36. The number of anilines is 1. The van der Waals surface area contributed by atoms with Gasteiger partial charge in [-0.3, -0.25) is 0 Å². The molecule has 0 saturated carbocycles. The summed E-state index contributed by atoms with van der Waals surface area (Å²) in [4.78, 5) is 0. The van der Waals surface area contributed by atoms with E-state index < -0.39 is 0 Å². The fraction of sp³-hybridized carbons (Fsp3) is 0.143. The summed E-state index contributed by atoms with van der Waals surface area (Å²) < 4.78 is 14.7. The first-order valence-corrected chi connectivity index (χ1v) is 6.96. The summed E-state index contributed by atoms with van der Waals surface area (Å²) in [7, 11) is 0. The summed E-state index contributed by atoms with van der Waals surface area (Å²) in [5.41, 5.74) is 2.72. The molecular formula is C14H12ClFIN. The SMILES string of the molecule is Cc1cc(I)ccc1NCc1cc(Cl)ccc1F. The van der Waals surface area contributed by atoms with Crippen molar-refractivity contribution in [3.63, 3.8) is 0 Å². The first-order chi connectivity index (χ1) is 8.56. The second kappa shape index (κ2) is 5.89. The van der Waals surface area contributed by atoms with E-state index in [2.05, 4.69) is 34.0 Å². The maximum Gasteiger partial charge on any atom is 0.128 e. The van der Waals surface area contributed by atoms with Crippen LogP contribution in [-0.2, 0) is 6.54 Å². The molecule has 0 aliphatic heterocycles. The molecule has 0 aromatic heterocycles. The van der Waals surface area contributed by atoms with Gasteiger partial charge in [-0.05, 0) is 71.5 Å². The van der Waals surface area contributed by atoms with E-state index >= 15 is 0 Å². The van der Waals surface area contributed by atoms with Gasteiger partial charge in [0.2, 0.25) is 0 Å². The lowest BCUT2D eigenvalue weighted by Gasteiger charge is -2.10. The van der Waals surface area contributed by atoms with Gasteiger partial charge >= 0.3 is 0 Å². The van der Waals surface area contributed by atoms with Crippen LogP contribution in [0.3, 0.4) is 0 Å². The third-order valence-electron chi connectivity index (χ3n) is 2.67. The van der Waals surface area contributed by atoms with Crippen LogP contribution in [0.25, 0.3) is 0 Å². The molecule has 2 rings (SSSR count). The van der Waals surface area contributed by atoms with Crippen LogP contribution < -0.4 is 5.32 Å². The van der Waals surface area contributed by atoms with Gasteiger partial charge in [0.25, 0.3) is 0 Å². The molecule has 1 nitrogen and oxygen atoms in total. The number of hydrogen-bond acceptors (Lipinski definition) is 1. The van der Waals surface area contributed by atoms with Crippen LogP contribution in [-0.4, -0.2) is 0 Å². The zero-order chi connectivity index (χ0) is 13.1. The van der Waals surface area contributed by atoms with Crippen LogP contribution >= 0.6 is 34.2 Å². The molecule has 0 bridgehead atoms. The van der Waals surface area contributed by atoms with Gasteiger partial charge in [0, 0.05) is 26.4 Å². The van der Waals surface area contributed by atoms with Gasteiger partial charge in [-0.15, -0.1) is 0 Å². The van der Waals surface area contributed by atoms with E-state index in [-0.39, 0.29) is 5.82 Å². The van der Waals surface area contributed by atoms with Crippen LogP contribution in [0.15, 0.2) is 36.4 Å². The maximum absolute atomic E-state index is 13.5. The molecule has 2 aromatic rings. The molecule has 4 heteroatoms. The van der Waals surface area contributed by atoms with Crippen molar-refractivity contribution in [1.29, 1.82) is 0 Å². The standard InChI is InChI=1S/C14H12ClFIN/c1-9-6-12(17)3-5-14(9)18-8-10-7-11(15)2-4-13(10)16/h2-7,18H,8H2,1H3. The minimum Gasteiger partial charge on any atom is -0.381 e. The van der Waals surface area contributed by atoms with E-state index in [1.54, 1.807) is 12.1 Å². The Bertz CT molecular complexity index is 572. The second-order valence-electron chi connectivity index (χ2n) is 4.05. The maximum atomic E-state index is 13.5. The second-order valence-corrected chi connectivity index (χ2v) is 5.73. The van der Waals surface area contributed by atoms with Gasteiger partial charge in [0.1, 0.15) is 5.82 Å². The number of benzene rings is 2. The van der Waals surface area contributed by atoms with E-state index in [1.807, 2.05) is 19.1 Å². The summed E-state index contributed by atoms with van der Waals surface area (Å²) in [6.45, 7) is 2.45. The van der Waals surface area contributed by atoms with Gasteiger partial charge in [-0.25, -0.2) is 4.39 Å². The molecular weight excluding hydrogens is 364 g/mol. The molecule has 2 aromatic carbocycles. The molecule has 0 fully saturated rings. The van der Waals surface area contributed by atoms with Crippen molar-refractivity contribution in [2.24, 2.45) is 0 Å². The highest BCUT2D eigenvalue weighted by Gasteiger charge is 2.04. The third-order valence-corrected chi connectivity index (χ3v) is 3.57. The molecule has 0 atom stereocenters. The van der Waals surface area contributed by atoms with E-state index in [0.29, 0.717) is 17.1 Å². The van der Waals surface area contributed by atoms with Crippen LogP contribution in [0.5, 0.6) is 0 Å². The van der Waals surface area contributed by atoms with Gasteiger partial charge in [-0.1, -0.05) is 11.6 Å². The Morgan fingerprint density at radius 1 is 1.22 bits per heavy atom. The summed E-state index contributed by atoms with van der Waals surface area (Å²) in [5.74, 6) is -0.241. The van der Waals surface area contributed by atoms with Crippen molar-refractivity contribution in [2.75, 3.05) is 5.32 Å². The average Bonchev–Trinajstić information content (AvgIpc) is 2.32. The molecule has 0 radical (unpaired) electrons. The van der Waals surface area contributed by atoms with Crippen molar-refractivity contribution >= 4 is 39.9 Å². The number of aryl methyl sites for hydroxylation is 1. The number of rotatable bonds is 3. The molecule has 0 amide bonds. The quantitative estimate of drug-likeness (QED) is 0.744. The van der Waals surface area contributed by atoms with Crippen molar-refractivity contribution in [2.45, 2.75) is 13.5 Å². The number of halogens is 3. The van der Waals surface area contributed by atoms with E-state index in [0.717, 1.165) is 11.3 Å². The van der Waals surface area contributed by atoms with Gasteiger partial charge in [-0.2, -0.15) is 0 Å². The van der Waals surface area contributed by atoms with E-state index in [1.165, 1.54) is 9.64 Å². The number of nitrogens with one attached hydrogen (secondary N) is 1. The summed E-state index contributed by atoms with van der Waals surface area (Å²) in [5, 5.41) is 3.77. The van der Waals surface area contributed by atoms with Crippen molar-refractivity contribution in [3.8, 4) is 0 Å². The lowest BCUT2D eigenvalue weighted by atomic mass is 10.1. The lowest BCUT2D eigenvalue weighted by molar-refractivity contribution is 0.613. The lowest BCUT2D eigenvalue weighted by Crippen LogP contribution is -2.03. The van der Waals surface area contributed by atoms with Crippen molar-refractivity contribution in [1.82, 2.24) is 0 Å². The molecule has 18 heavy (non-hydrogen) atoms. The molecule has 1 N–H and O–H groups in total. The molecule has 0 heterocycles. The Kier molecular flexibility index (Phi) is 4.45. The predicted octanol–water partition coefficient (Wildman–Crippen LogP) is 5.00. The monoisotopic (exact) mass is 375 g/mol. The highest BCUT2D eigenvalue weighted by atomic mass is 127. The normalized spacial score (nSPS) is 10.4. The smallest absolute Gasteiger partial charge is 0.128 e. The van der Waals surface area contributed by atoms with Gasteiger partial charge in [0.05, 0.1) is 0 Å². The zero-order valence-electron chi connectivity index (χ0n) is 9.81. The highest BCUT2D eigenvalue weighted by molar-refractivity contribution is 14.1. The van der Waals surface area contributed by atoms with E-state index in [4.69, 9.17) is 11.6 Å². The highest BCUT2D eigenvalue weighted by Crippen LogP contribution is 2.20. The first-order valence-electron chi connectivity index (χ1n) is 5.50. The molecule has 0 spiro atoms.